The third kappa shape index (κ3) is 4.09. The molecule has 142 valence electrons. The highest BCUT2D eigenvalue weighted by Crippen LogP contribution is 2.47. The minimum Gasteiger partial charge on any atom is -0.497 e. The molecule has 1 heterocycles. The number of ether oxygens (including phenoxy) is 2. The molecule has 1 aromatic carbocycles. The van der Waals surface area contributed by atoms with E-state index in [4.69, 9.17) is 9.47 Å². The topological polar surface area (TPSA) is 71.1 Å². The molecule has 0 bridgehead atoms. The van der Waals surface area contributed by atoms with E-state index in [9.17, 15) is 9.59 Å². The maximum absolute atomic E-state index is 12.7. The number of benzene rings is 1. The second kappa shape index (κ2) is 7.95. The lowest BCUT2D eigenvalue weighted by Crippen LogP contribution is -2.52. The highest BCUT2D eigenvalue weighted by Gasteiger charge is 2.57. The van der Waals surface area contributed by atoms with Gasteiger partial charge in [0.05, 0.1) is 13.7 Å². The SMILES string of the molecule is COc1ccc(OCCNC(=O)C2(C(=O)N3CCN(C)CC3)CC2)cc1. The molecule has 1 aliphatic heterocycles. The van der Waals surface area contributed by atoms with Gasteiger partial charge < -0.3 is 24.6 Å². The predicted octanol–water partition coefficient (Wildman–Crippen LogP) is 0.744. The highest BCUT2D eigenvalue weighted by molar-refractivity contribution is 6.07. The van der Waals surface area contributed by atoms with E-state index in [1.165, 1.54) is 0 Å². The molecule has 7 nitrogen and oxygen atoms in total. The van der Waals surface area contributed by atoms with Crippen molar-refractivity contribution < 1.29 is 19.1 Å². The van der Waals surface area contributed by atoms with Crippen molar-refractivity contribution in [3.63, 3.8) is 0 Å². The molecule has 1 aliphatic carbocycles. The summed E-state index contributed by atoms with van der Waals surface area (Å²) in [7, 11) is 3.66. The van der Waals surface area contributed by atoms with Crippen molar-refractivity contribution in [1.82, 2.24) is 15.1 Å². The molecule has 1 saturated heterocycles. The number of carbonyl (C=O) groups excluding carboxylic acids is 2. The number of amides is 2. The maximum Gasteiger partial charge on any atom is 0.238 e. The zero-order chi connectivity index (χ0) is 18.6. The zero-order valence-electron chi connectivity index (χ0n) is 15.5. The Morgan fingerprint density at radius 1 is 1.08 bits per heavy atom. The standard InChI is InChI=1S/C19H27N3O4/c1-21-10-12-22(13-11-21)18(24)19(7-8-19)17(23)20-9-14-26-16-5-3-15(25-2)4-6-16/h3-6H,7-14H2,1-2H3,(H,20,23). The van der Waals surface area contributed by atoms with Crippen LogP contribution in [0.15, 0.2) is 24.3 Å². The number of likely N-dealkylation sites (N-methyl/N-ethyl adjacent to an activating group) is 1. The molecule has 1 aromatic rings. The van der Waals surface area contributed by atoms with Crippen LogP contribution in [0.1, 0.15) is 12.8 Å². The summed E-state index contributed by atoms with van der Waals surface area (Å²) < 4.78 is 10.7. The van der Waals surface area contributed by atoms with E-state index in [0.29, 0.717) is 39.1 Å². The van der Waals surface area contributed by atoms with Gasteiger partial charge in [0.2, 0.25) is 11.8 Å². The highest BCUT2D eigenvalue weighted by atomic mass is 16.5. The van der Waals surface area contributed by atoms with Crippen LogP contribution in [0.3, 0.4) is 0 Å². The number of carbonyl (C=O) groups is 2. The van der Waals surface area contributed by atoms with Gasteiger partial charge in [-0.15, -0.1) is 0 Å². The van der Waals surface area contributed by atoms with E-state index in [-0.39, 0.29) is 11.8 Å². The molecule has 0 aromatic heterocycles. The van der Waals surface area contributed by atoms with Crippen molar-refractivity contribution in [2.75, 3.05) is 53.5 Å². The lowest BCUT2D eigenvalue weighted by molar-refractivity contribution is -0.145. The third-order valence-corrected chi connectivity index (χ3v) is 5.10. The van der Waals surface area contributed by atoms with Crippen LogP contribution in [0.2, 0.25) is 0 Å². The van der Waals surface area contributed by atoms with Gasteiger partial charge in [-0.25, -0.2) is 0 Å². The van der Waals surface area contributed by atoms with Gasteiger partial charge in [0.15, 0.2) is 0 Å². The summed E-state index contributed by atoms with van der Waals surface area (Å²) in [5.74, 6) is 1.30. The van der Waals surface area contributed by atoms with Gasteiger partial charge in [0, 0.05) is 26.2 Å². The van der Waals surface area contributed by atoms with Crippen molar-refractivity contribution in [3.05, 3.63) is 24.3 Å². The Balaban J connectivity index is 1.43. The zero-order valence-corrected chi connectivity index (χ0v) is 15.5. The second-order valence-corrected chi connectivity index (χ2v) is 6.96. The molecule has 7 heteroatoms. The number of rotatable bonds is 7. The van der Waals surface area contributed by atoms with Crippen LogP contribution < -0.4 is 14.8 Å². The van der Waals surface area contributed by atoms with Gasteiger partial charge >= 0.3 is 0 Å². The number of piperazine rings is 1. The van der Waals surface area contributed by atoms with Gasteiger partial charge in [0.1, 0.15) is 23.5 Å². The summed E-state index contributed by atoms with van der Waals surface area (Å²) in [4.78, 5) is 29.3. The van der Waals surface area contributed by atoms with Crippen LogP contribution >= 0.6 is 0 Å². The van der Waals surface area contributed by atoms with E-state index >= 15 is 0 Å². The van der Waals surface area contributed by atoms with Crippen molar-refractivity contribution in [2.45, 2.75) is 12.8 Å². The van der Waals surface area contributed by atoms with Crippen LogP contribution in [0, 0.1) is 5.41 Å². The van der Waals surface area contributed by atoms with Crippen molar-refractivity contribution in [2.24, 2.45) is 5.41 Å². The molecule has 2 aliphatic rings. The number of hydrogen-bond acceptors (Lipinski definition) is 5. The van der Waals surface area contributed by atoms with Crippen molar-refractivity contribution in [1.29, 1.82) is 0 Å². The Hall–Kier alpha value is -2.28. The van der Waals surface area contributed by atoms with Gasteiger partial charge in [-0.05, 0) is 44.2 Å². The first-order valence-electron chi connectivity index (χ1n) is 9.08. The van der Waals surface area contributed by atoms with Gasteiger partial charge in [0.25, 0.3) is 0 Å². The monoisotopic (exact) mass is 361 g/mol. The molecule has 1 saturated carbocycles. The first-order chi connectivity index (χ1) is 12.5. The fourth-order valence-corrected chi connectivity index (χ4v) is 3.15. The van der Waals surface area contributed by atoms with Crippen LogP contribution in [0.25, 0.3) is 0 Å². The van der Waals surface area contributed by atoms with Crippen molar-refractivity contribution in [3.8, 4) is 11.5 Å². The summed E-state index contributed by atoms with van der Waals surface area (Å²) in [5, 5.41) is 2.86. The number of nitrogens with zero attached hydrogens (tertiary/aromatic N) is 2. The molecule has 0 atom stereocenters. The van der Waals surface area contributed by atoms with Gasteiger partial charge in [-0.3, -0.25) is 9.59 Å². The number of nitrogens with one attached hydrogen (secondary N) is 1. The molecular formula is C19H27N3O4. The van der Waals surface area contributed by atoms with Crippen LogP contribution in [0.5, 0.6) is 11.5 Å². The molecule has 3 rings (SSSR count). The predicted molar refractivity (Wildman–Crippen MR) is 97.2 cm³/mol. The van der Waals surface area contributed by atoms with E-state index in [1.807, 2.05) is 36.2 Å². The minimum absolute atomic E-state index is 0.0147. The molecule has 26 heavy (non-hydrogen) atoms. The summed E-state index contributed by atoms with van der Waals surface area (Å²) in [6.07, 6.45) is 1.28. The molecule has 1 N–H and O–H groups in total. The minimum atomic E-state index is -0.837. The van der Waals surface area contributed by atoms with Crippen molar-refractivity contribution >= 4 is 11.8 Å². The largest absolute Gasteiger partial charge is 0.497 e. The Morgan fingerprint density at radius 3 is 2.27 bits per heavy atom. The Morgan fingerprint density at radius 2 is 1.69 bits per heavy atom. The van der Waals surface area contributed by atoms with E-state index < -0.39 is 5.41 Å². The summed E-state index contributed by atoms with van der Waals surface area (Å²) in [6.45, 7) is 3.85. The fourth-order valence-electron chi connectivity index (χ4n) is 3.15. The number of hydrogen-bond donors (Lipinski definition) is 1. The summed E-state index contributed by atoms with van der Waals surface area (Å²) >= 11 is 0. The van der Waals surface area contributed by atoms with Crippen LogP contribution in [-0.2, 0) is 9.59 Å². The lowest BCUT2D eigenvalue weighted by Gasteiger charge is -2.34. The smallest absolute Gasteiger partial charge is 0.238 e. The molecule has 0 unspecified atom stereocenters. The quantitative estimate of drug-likeness (QED) is 0.573. The summed E-state index contributed by atoms with van der Waals surface area (Å²) in [5.41, 5.74) is -0.837. The maximum atomic E-state index is 12.7. The lowest BCUT2D eigenvalue weighted by atomic mass is 10.0. The third-order valence-electron chi connectivity index (χ3n) is 5.10. The second-order valence-electron chi connectivity index (χ2n) is 6.96. The first-order valence-corrected chi connectivity index (χ1v) is 9.08. The van der Waals surface area contributed by atoms with Gasteiger partial charge in [-0.1, -0.05) is 0 Å². The van der Waals surface area contributed by atoms with E-state index in [0.717, 1.165) is 24.6 Å². The Labute approximate surface area is 154 Å². The normalized spacial score (nSPS) is 18.9. The average molecular weight is 361 g/mol. The van der Waals surface area contributed by atoms with E-state index in [1.54, 1.807) is 7.11 Å². The van der Waals surface area contributed by atoms with Crippen LogP contribution in [0.4, 0.5) is 0 Å². The first kappa shape index (κ1) is 18.5. The molecule has 2 fully saturated rings. The fraction of sp³-hybridized carbons (Fsp3) is 0.579. The Bertz CT molecular complexity index is 635. The molecule has 0 spiro atoms. The number of methoxy groups -OCH3 is 1. The van der Waals surface area contributed by atoms with Gasteiger partial charge in [-0.2, -0.15) is 0 Å². The Kier molecular flexibility index (Phi) is 5.66. The average Bonchev–Trinajstić information content (AvgIpc) is 3.47. The molecular weight excluding hydrogens is 334 g/mol. The van der Waals surface area contributed by atoms with E-state index in [2.05, 4.69) is 10.2 Å². The van der Waals surface area contributed by atoms with Crippen LogP contribution in [-0.4, -0.2) is 75.1 Å². The molecule has 2 amide bonds. The summed E-state index contributed by atoms with van der Waals surface area (Å²) in [6, 6.07) is 7.28. The molecule has 0 radical (unpaired) electrons.